The summed E-state index contributed by atoms with van der Waals surface area (Å²) in [6.45, 7) is 3.21. The molecule has 0 spiro atoms. The molecule has 0 aliphatic carbocycles. The highest BCUT2D eigenvalue weighted by Crippen LogP contribution is 2.18. The monoisotopic (exact) mass is 344 g/mol. The quantitative estimate of drug-likeness (QED) is 0.907. The maximum atomic E-state index is 12.8. The lowest BCUT2D eigenvalue weighted by atomic mass is 10.0. The van der Waals surface area contributed by atoms with Crippen molar-refractivity contribution in [1.82, 2.24) is 20.1 Å². The van der Waals surface area contributed by atoms with Crippen molar-refractivity contribution in [3.63, 3.8) is 0 Å². The SMILES string of the molecule is CN1CCC(N(Cc2ccccc2)C(=O)NCc2cscn2)CC1. The van der Waals surface area contributed by atoms with Gasteiger partial charge in [-0.05, 0) is 38.5 Å². The average Bonchev–Trinajstić information content (AvgIpc) is 3.13. The van der Waals surface area contributed by atoms with Crippen LogP contribution in [0.2, 0.25) is 0 Å². The van der Waals surface area contributed by atoms with Gasteiger partial charge >= 0.3 is 6.03 Å². The van der Waals surface area contributed by atoms with Crippen molar-refractivity contribution in [2.24, 2.45) is 0 Å². The maximum absolute atomic E-state index is 12.8. The van der Waals surface area contributed by atoms with Crippen molar-refractivity contribution in [1.29, 1.82) is 0 Å². The van der Waals surface area contributed by atoms with Gasteiger partial charge in [-0.15, -0.1) is 11.3 Å². The summed E-state index contributed by atoms with van der Waals surface area (Å²) in [6.07, 6.45) is 2.04. The minimum absolute atomic E-state index is 0.00130. The summed E-state index contributed by atoms with van der Waals surface area (Å²) in [6, 6.07) is 10.5. The molecular formula is C18H24N4OS. The van der Waals surface area contributed by atoms with E-state index in [0.717, 1.165) is 31.6 Å². The van der Waals surface area contributed by atoms with Crippen LogP contribution in [0.1, 0.15) is 24.1 Å². The second-order valence-corrected chi connectivity index (χ2v) is 7.01. The summed E-state index contributed by atoms with van der Waals surface area (Å²) in [5, 5.41) is 5.00. The molecule has 1 fully saturated rings. The minimum Gasteiger partial charge on any atom is -0.332 e. The van der Waals surface area contributed by atoms with Crippen LogP contribution in [0.3, 0.4) is 0 Å². The molecule has 0 atom stereocenters. The van der Waals surface area contributed by atoms with Gasteiger partial charge < -0.3 is 15.1 Å². The molecule has 1 aliphatic heterocycles. The summed E-state index contributed by atoms with van der Waals surface area (Å²) in [5.74, 6) is 0. The van der Waals surface area contributed by atoms with E-state index in [9.17, 15) is 4.79 Å². The summed E-state index contributed by atoms with van der Waals surface area (Å²) in [4.78, 5) is 21.4. The third kappa shape index (κ3) is 4.55. The van der Waals surface area contributed by atoms with Crippen molar-refractivity contribution in [2.45, 2.75) is 32.0 Å². The number of urea groups is 1. The number of thiazole rings is 1. The zero-order valence-electron chi connectivity index (χ0n) is 14.0. The van der Waals surface area contributed by atoms with E-state index in [1.807, 2.05) is 28.5 Å². The van der Waals surface area contributed by atoms with Crippen LogP contribution in [0.5, 0.6) is 0 Å². The first-order valence-electron chi connectivity index (χ1n) is 8.36. The summed E-state index contributed by atoms with van der Waals surface area (Å²) >= 11 is 1.55. The Hall–Kier alpha value is -1.92. The predicted octanol–water partition coefficient (Wildman–Crippen LogP) is 2.95. The Morgan fingerprint density at radius 1 is 1.33 bits per heavy atom. The molecule has 128 valence electrons. The molecule has 2 aromatic rings. The van der Waals surface area contributed by atoms with Gasteiger partial charge in [0.2, 0.25) is 0 Å². The van der Waals surface area contributed by atoms with E-state index in [2.05, 4.69) is 34.4 Å². The molecule has 0 bridgehead atoms. The average molecular weight is 344 g/mol. The summed E-state index contributed by atoms with van der Waals surface area (Å²) in [7, 11) is 2.14. The number of aromatic nitrogens is 1. The van der Waals surface area contributed by atoms with Crippen molar-refractivity contribution in [2.75, 3.05) is 20.1 Å². The van der Waals surface area contributed by atoms with E-state index in [1.165, 1.54) is 5.56 Å². The molecule has 0 radical (unpaired) electrons. The molecule has 2 heterocycles. The Morgan fingerprint density at radius 3 is 2.75 bits per heavy atom. The summed E-state index contributed by atoms with van der Waals surface area (Å²) < 4.78 is 0. The fourth-order valence-corrected chi connectivity index (χ4v) is 3.60. The Bertz CT molecular complexity index is 624. The number of carbonyl (C=O) groups excluding carboxylic acids is 1. The van der Waals surface area contributed by atoms with Crippen molar-refractivity contribution in [3.05, 3.63) is 52.5 Å². The van der Waals surface area contributed by atoms with Gasteiger partial charge in [-0.3, -0.25) is 0 Å². The van der Waals surface area contributed by atoms with Crippen molar-refractivity contribution < 1.29 is 4.79 Å². The lowest BCUT2D eigenvalue weighted by Gasteiger charge is -2.37. The van der Waals surface area contributed by atoms with Crippen LogP contribution >= 0.6 is 11.3 Å². The highest BCUT2D eigenvalue weighted by Gasteiger charge is 2.27. The molecular weight excluding hydrogens is 320 g/mol. The fraction of sp³-hybridized carbons (Fsp3) is 0.444. The highest BCUT2D eigenvalue weighted by molar-refractivity contribution is 7.07. The fourth-order valence-electron chi connectivity index (χ4n) is 3.05. The van der Waals surface area contributed by atoms with E-state index in [4.69, 9.17) is 0 Å². The highest BCUT2D eigenvalue weighted by atomic mass is 32.1. The number of amides is 2. The van der Waals surface area contributed by atoms with Gasteiger partial charge in [-0.25, -0.2) is 9.78 Å². The molecule has 1 N–H and O–H groups in total. The number of carbonyl (C=O) groups is 1. The Labute approximate surface area is 147 Å². The topological polar surface area (TPSA) is 48.5 Å². The van der Waals surface area contributed by atoms with Gasteiger partial charge in [0.25, 0.3) is 0 Å². The second kappa shape index (κ2) is 8.26. The standard InChI is InChI=1S/C18H24N4OS/c1-21-9-7-17(8-10-21)22(12-15-5-3-2-4-6-15)18(23)19-11-16-13-24-14-20-16/h2-6,13-14,17H,7-12H2,1H3,(H,19,23). The number of nitrogens with zero attached hydrogens (tertiary/aromatic N) is 3. The van der Waals surface area contributed by atoms with Crippen molar-refractivity contribution in [3.8, 4) is 0 Å². The van der Waals surface area contributed by atoms with Crippen LogP contribution in [0.15, 0.2) is 41.2 Å². The molecule has 0 unspecified atom stereocenters. The van der Waals surface area contributed by atoms with Gasteiger partial charge in [0.1, 0.15) is 0 Å². The molecule has 1 aromatic carbocycles. The maximum Gasteiger partial charge on any atom is 0.318 e. The van der Waals surface area contributed by atoms with Crippen LogP contribution in [-0.2, 0) is 13.1 Å². The normalized spacial score (nSPS) is 16.0. The Kier molecular flexibility index (Phi) is 5.82. The number of hydrogen-bond acceptors (Lipinski definition) is 4. The molecule has 1 aromatic heterocycles. The molecule has 2 amide bonds. The van der Waals surface area contributed by atoms with Crippen LogP contribution < -0.4 is 5.32 Å². The first-order chi connectivity index (χ1) is 11.7. The van der Waals surface area contributed by atoms with Gasteiger partial charge in [0.05, 0.1) is 17.7 Å². The first-order valence-corrected chi connectivity index (χ1v) is 9.30. The molecule has 1 saturated heterocycles. The van der Waals surface area contributed by atoms with Crippen LogP contribution in [-0.4, -0.2) is 47.0 Å². The van der Waals surface area contributed by atoms with E-state index in [-0.39, 0.29) is 12.1 Å². The zero-order chi connectivity index (χ0) is 16.8. The number of piperidine rings is 1. The number of benzene rings is 1. The van der Waals surface area contributed by atoms with Gasteiger partial charge in [0, 0.05) is 18.0 Å². The first kappa shape index (κ1) is 16.9. The van der Waals surface area contributed by atoms with E-state index in [0.29, 0.717) is 13.1 Å². The van der Waals surface area contributed by atoms with Gasteiger partial charge in [-0.1, -0.05) is 30.3 Å². The number of likely N-dealkylation sites (tertiary alicyclic amines) is 1. The second-order valence-electron chi connectivity index (χ2n) is 6.29. The number of nitrogens with one attached hydrogen (secondary N) is 1. The van der Waals surface area contributed by atoms with E-state index in [1.54, 1.807) is 16.8 Å². The van der Waals surface area contributed by atoms with E-state index >= 15 is 0 Å². The third-order valence-electron chi connectivity index (χ3n) is 4.49. The van der Waals surface area contributed by atoms with E-state index < -0.39 is 0 Å². The number of hydrogen-bond donors (Lipinski definition) is 1. The predicted molar refractivity (Wildman–Crippen MR) is 96.9 cm³/mol. The molecule has 24 heavy (non-hydrogen) atoms. The van der Waals surface area contributed by atoms with Crippen LogP contribution in [0.25, 0.3) is 0 Å². The molecule has 6 heteroatoms. The lowest BCUT2D eigenvalue weighted by Crippen LogP contribution is -2.49. The zero-order valence-corrected chi connectivity index (χ0v) is 14.8. The number of rotatable bonds is 5. The smallest absolute Gasteiger partial charge is 0.318 e. The third-order valence-corrected chi connectivity index (χ3v) is 5.12. The largest absolute Gasteiger partial charge is 0.332 e. The molecule has 1 aliphatic rings. The molecule has 0 saturated carbocycles. The summed E-state index contributed by atoms with van der Waals surface area (Å²) in [5.41, 5.74) is 3.87. The Morgan fingerprint density at radius 2 is 2.08 bits per heavy atom. The van der Waals surface area contributed by atoms with Gasteiger partial charge in [0.15, 0.2) is 0 Å². The minimum atomic E-state index is 0.00130. The van der Waals surface area contributed by atoms with Crippen LogP contribution in [0.4, 0.5) is 4.79 Å². The van der Waals surface area contributed by atoms with Gasteiger partial charge in [-0.2, -0.15) is 0 Å². The molecule has 5 nitrogen and oxygen atoms in total. The lowest BCUT2D eigenvalue weighted by molar-refractivity contribution is 0.127. The molecule has 3 rings (SSSR count). The van der Waals surface area contributed by atoms with Crippen LogP contribution in [0, 0.1) is 0 Å². The van der Waals surface area contributed by atoms with Crippen molar-refractivity contribution >= 4 is 17.4 Å². The Balaban J connectivity index is 1.67.